The molecular formula is C14H18N4O3S. The zero-order valence-electron chi connectivity index (χ0n) is 12.5. The van der Waals surface area contributed by atoms with Crippen LogP contribution < -0.4 is 10.1 Å². The van der Waals surface area contributed by atoms with Crippen LogP contribution in [0.5, 0.6) is 5.88 Å². The van der Waals surface area contributed by atoms with Crippen molar-refractivity contribution in [3.05, 3.63) is 27.8 Å². The third-order valence-corrected chi connectivity index (χ3v) is 4.54. The molecule has 0 spiro atoms. The van der Waals surface area contributed by atoms with Crippen LogP contribution in [0.25, 0.3) is 0 Å². The van der Waals surface area contributed by atoms with Gasteiger partial charge in [0.25, 0.3) is 5.91 Å². The van der Waals surface area contributed by atoms with Crippen LogP contribution in [0.1, 0.15) is 40.5 Å². The quantitative estimate of drug-likeness (QED) is 0.907. The number of rotatable bonds is 5. The summed E-state index contributed by atoms with van der Waals surface area (Å²) in [7, 11) is 1.65. The average molecular weight is 322 g/mol. The highest BCUT2D eigenvalue weighted by atomic mass is 32.1. The molecule has 7 nitrogen and oxygen atoms in total. The monoisotopic (exact) mass is 322 g/mol. The number of methoxy groups -OCH3 is 1. The van der Waals surface area contributed by atoms with Gasteiger partial charge in [-0.15, -0.1) is 11.3 Å². The number of ether oxygens (including phenoxy) is 2. The molecule has 8 heteroatoms. The van der Waals surface area contributed by atoms with Gasteiger partial charge in [0.05, 0.1) is 25.0 Å². The number of hydrogen-bond donors (Lipinski definition) is 1. The molecule has 22 heavy (non-hydrogen) atoms. The second-order valence-corrected chi connectivity index (χ2v) is 5.92. The van der Waals surface area contributed by atoms with E-state index in [2.05, 4.69) is 15.4 Å². The summed E-state index contributed by atoms with van der Waals surface area (Å²) in [6, 6.07) is 0. The standard InChI is InChI=1S/C14H18N4O3S/c1-9(20-2)13-17-10(8-22-13)6-15-12(19)11-7-16-18-4-3-5-21-14(11)18/h7-9H,3-6H2,1-2H3,(H,15,19). The van der Waals surface area contributed by atoms with Crippen LogP contribution in [-0.4, -0.2) is 34.4 Å². The maximum Gasteiger partial charge on any atom is 0.258 e. The van der Waals surface area contributed by atoms with E-state index >= 15 is 0 Å². The predicted octanol–water partition coefficient (Wildman–Crippen LogP) is 1.76. The molecule has 0 bridgehead atoms. The van der Waals surface area contributed by atoms with Gasteiger partial charge in [0.2, 0.25) is 5.88 Å². The zero-order valence-corrected chi connectivity index (χ0v) is 13.4. The Hall–Kier alpha value is -1.93. The SMILES string of the molecule is COC(C)c1nc(CNC(=O)c2cnn3c2OCCC3)cs1. The molecule has 3 rings (SSSR count). The van der Waals surface area contributed by atoms with Crippen molar-refractivity contribution >= 4 is 17.2 Å². The molecule has 3 heterocycles. The number of thiazole rings is 1. The molecule has 0 aromatic carbocycles. The third-order valence-electron chi connectivity index (χ3n) is 3.49. The second kappa shape index (κ2) is 6.45. The fourth-order valence-electron chi connectivity index (χ4n) is 2.18. The van der Waals surface area contributed by atoms with E-state index in [0.717, 1.165) is 23.7 Å². The van der Waals surface area contributed by atoms with Crippen LogP contribution in [0.3, 0.4) is 0 Å². The maximum absolute atomic E-state index is 12.3. The average Bonchev–Trinajstić information content (AvgIpc) is 3.18. The topological polar surface area (TPSA) is 78.3 Å². The Kier molecular flexibility index (Phi) is 4.39. The number of carbonyl (C=O) groups excluding carboxylic acids is 1. The van der Waals surface area contributed by atoms with E-state index < -0.39 is 0 Å². The minimum Gasteiger partial charge on any atom is -0.477 e. The lowest BCUT2D eigenvalue weighted by molar-refractivity contribution is 0.0943. The van der Waals surface area contributed by atoms with Gasteiger partial charge < -0.3 is 14.8 Å². The summed E-state index contributed by atoms with van der Waals surface area (Å²) >= 11 is 1.53. The molecule has 0 fully saturated rings. The first-order chi connectivity index (χ1) is 10.7. The first-order valence-electron chi connectivity index (χ1n) is 7.13. The van der Waals surface area contributed by atoms with E-state index in [-0.39, 0.29) is 12.0 Å². The molecule has 1 amide bonds. The molecule has 2 aromatic rings. The van der Waals surface area contributed by atoms with E-state index in [1.165, 1.54) is 11.3 Å². The van der Waals surface area contributed by atoms with E-state index in [9.17, 15) is 4.79 Å². The summed E-state index contributed by atoms with van der Waals surface area (Å²) < 4.78 is 12.5. The Morgan fingerprint density at radius 3 is 3.32 bits per heavy atom. The predicted molar refractivity (Wildman–Crippen MR) is 81.0 cm³/mol. The summed E-state index contributed by atoms with van der Waals surface area (Å²) in [5, 5.41) is 9.85. The van der Waals surface area contributed by atoms with Crippen molar-refractivity contribution in [1.29, 1.82) is 0 Å². The van der Waals surface area contributed by atoms with Crippen molar-refractivity contribution in [2.45, 2.75) is 32.5 Å². The molecule has 1 aliphatic rings. The van der Waals surface area contributed by atoms with Gasteiger partial charge in [0.1, 0.15) is 16.7 Å². The first kappa shape index (κ1) is 15.0. The Balaban J connectivity index is 1.63. The van der Waals surface area contributed by atoms with Crippen molar-refractivity contribution in [2.75, 3.05) is 13.7 Å². The van der Waals surface area contributed by atoms with Crippen LogP contribution in [0, 0.1) is 0 Å². The Bertz CT molecular complexity index is 667. The van der Waals surface area contributed by atoms with Gasteiger partial charge >= 0.3 is 0 Å². The Labute approximate surface area is 132 Å². The lowest BCUT2D eigenvalue weighted by atomic mass is 10.3. The molecule has 1 atom stereocenters. The molecule has 118 valence electrons. The lowest BCUT2D eigenvalue weighted by Gasteiger charge is -2.15. The van der Waals surface area contributed by atoms with E-state index in [1.54, 1.807) is 18.0 Å². The van der Waals surface area contributed by atoms with Gasteiger partial charge in [-0.1, -0.05) is 0 Å². The summed E-state index contributed by atoms with van der Waals surface area (Å²) in [5.41, 5.74) is 1.29. The molecule has 1 unspecified atom stereocenters. The molecule has 0 radical (unpaired) electrons. The molecular weight excluding hydrogens is 304 g/mol. The van der Waals surface area contributed by atoms with Crippen LogP contribution in [0.2, 0.25) is 0 Å². The third kappa shape index (κ3) is 2.97. The second-order valence-electron chi connectivity index (χ2n) is 5.03. The summed E-state index contributed by atoms with van der Waals surface area (Å²) in [4.78, 5) is 16.7. The van der Waals surface area contributed by atoms with Crippen LogP contribution in [0.4, 0.5) is 0 Å². The highest BCUT2D eigenvalue weighted by Gasteiger charge is 2.21. The van der Waals surface area contributed by atoms with Crippen LogP contribution in [-0.2, 0) is 17.8 Å². The van der Waals surface area contributed by atoms with Gasteiger partial charge in [-0.25, -0.2) is 9.67 Å². The molecule has 1 N–H and O–H groups in total. The number of fused-ring (bicyclic) bond motifs is 1. The van der Waals surface area contributed by atoms with Crippen molar-refractivity contribution in [3.63, 3.8) is 0 Å². The largest absolute Gasteiger partial charge is 0.477 e. The van der Waals surface area contributed by atoms with E-state index in [1.807, 2.05) is 12.3 Å². The van der Waals surface area contributed by atoms with Crippen LogP contribution >= 0.6 is 11.3 Å². The molecule has 0 saturated carbocycles. The van der Waals surface area contributed by atoms with Crippen molar-refractivity contribution < 1.29 is 14.3 Å². The Morgan fingerprint density at radius 1 is 1.64 bits per heavy atom. The van der Waals surface area contributed by atoms with Crippen LogP contribution in [0.15, 0.2) is 11.6 Å². The van der Waals surface area contributed by atoms with E-state index in [4.69, 9.17) is 9.47 Å². The highest BCUT2D eigenvalue weighted by molar-refractivity contribution is 7.09. The van der Waals surface area contributed by atoms with Gasteiger partial charge in [0, 0.05) is 25.5 Å². The maximum atomic E-state index is 12.3. The van der Waals surface area contributed by atoms with Gasteiger partial charge in [-0.2, -0.15) is 5.10 Å². The summed E-state index contributed by atoms with van der Waals surface area (Å²) in [6.07, 6.45) is 2.43. The fourth-order valence-corrected chi connectivity index (χ4v) is 3.03. The molecule has 0 saturated heterocycles. The highest BCUT2D eigenvalue weighted by Crippen LogP contribution is 2.23. The Morgan fingerprint density at radius 2 is 2.50 bits per heavy atom. The molecule has 0 aliphatic carbocycles. The number of aryl methyl sites for hydroxylation is 1. The summed E-state index contributed by atoms with van der Waals surface area (Å²) in [6.45, 7) is 3.72. The number of aromatic nitrogens is 3. The zero-order chi connectivity index (χ0) is 15.5. The minimum atomic E-state index is -0.197. The lowest BCUT2D eigenvalue weighted by Crippen LogP contribution is -2.24. The first-order valence-corrected chi connectivity index (χ1v) is 8.01. The van der Waals surface area contributed by atoms with Crippen molar-refractivity contribution in [3.8, 4) is 5.88 Å². The fraction of sp³-hybridized carbons (Fsp3) is 0.500. The number of nitrogens with zero attached hydrogens (tertiary/aromatic N) is 3. The van der Waals surface area contributed by atoms with E-state index in [0.29, 0.717) is 24.6 Å². The summed E-state index contributed by atoms with van der Waals surface area (Å²) in [5.74, 6) is 0.355. The number of nitrogens with one attached hydrogen (secondary N) is 1. The smallest absolute Gasteiger partial charge is 0.258 e. The van der Waals surface area contributed by atoms with Gasteiger partial charge in [0.15, 0.2) is 0 Å². The number of amides is 1. The molecule has 1 aliphatic heterocycles. The van der Waals surface area contributed by atoms with Gasteiger partial charge in [-0.3, -0.25) is 4.79 Å². The normalized spacial score (nSPS) is 15.0. The van der Waals surface area contributed by atoms with Gasteiger partial charge in [-0.05, 0) is 6.92 Å². The number of carbonyl (C=O) groups is 1. The van der Waals surface area contributed by atoms with Crippen molar-refractivity contribution in [2.24, 2.45) is 0 Å². The molecule has 2 aromatic heterocycles. The minimum absolute atomic E-state index is 0.0365. The number of hydrogen-bond acceptors (Lipinski definition) is 6. The van der Waals surface area contributed by atoms with Crippen molar-refractivity contribution in [1.82, 2.24) is 20.1 Å².